The van der Waals surface area contributed by atoms with Crippen LogP contribution in [0.4, 0.5) is 0 Å². The molecule has 4 heteroatoms. The standard InChI is InChI=1S/C20H24O2S2/c1-20(12-13-8-4-5-9-13)15-11-7-6-10-14(15)17(21)16(18(20)22)19(23-2)24-3/h6-7,10-11,13H,4-5,8-9,12H2,1-3H3. The van der Waals surface area contributed by atoms with Crippen LogP contribution in [0.25, 0.3) is 0 Å². The Bertz CT molecular complexity index is 695. The number of allylic oxidation sites excluding steroid dienone is 1. The van der Waals surface area contributed by atoms with Gasteiger partial charge in [0, 0.05) is 5.56 Å². The molecule has 1 fully saturated rings. The number of fused-ring (bicyclic) bond motifs is 1. The number of hydrogen-bond acceptors (Lipinski definition) is 4. The molecule has 2 aliphatic rings. The second-order valence-electron chi connectivity index (χ2n) is 6.96. The third kappa shape index (κ3) is 2.88. The molecule has 0 N–H and O–H groups in total. The molecule has 2 nitrogen and oxygen atoms in total. The predicted octanol–water partition coefficient (Wildman–Crippen LogP) is 5.23. The first-order chi connectivity index (χ1) is 11.5. The number of carbonyl (C=O) groups excluding carboxylic acids is 2. The van der Waals surface area contributed by atoms with Crippen molar-refractivity contribution < 1.29 is 9.59 Å². The fraction of sp³-hybridized carbons (Fsp3) is 0.500. The van der Waals surface area contributed by atoms with Crippen LogP contribution >= 0.6 is 23.5 Å². The Balaban J connectivity index is 2.16. The van der Waals surface area contributed by atoms with Crippen molar-refractivity contribution >= 4 is 35.1 Å². The highest BCUT2D eigenvalue weighted by molar-refractivity contribution is 8.21. The molecule has 24 heavy (non-hydrogen) atoms. The van der Waals surface area contributed by atoms with E-state index in [0.29, 0.717) is 17.1 Å². The summed E-state index contributed by atoms with van der Waals surface area (Å²) in [6.45, 7) is 2.05. The summed E-state index contributed by atoms with van der Waals surface area (Å²) in [6.07, 6.45) is 9.67. The van der Waals surface area contributed by atoms with Crippen LogP contribution in [0, 0.1) is 5.92 Å². The third-order valence-electron chi connectivity index (χ3n) is 5.47. The van der Waals surface area contributed by atoms with Crippen LogP contribution in [-0.4, -0.2) is 24.1 Å². The van der Waals surface area contributed by atoms with E-state index in [9.17, 15) is 9.59 Å². The molecule has 1 aromatic carbocycles. The van der Waals surface area contributed by atoms with Crippen LogP contribution in [0.3, 0.4) is 0 Å². The van der Waals surface area contributed by atoms with Crippen molar-refractivity contribution in [1.29, 1.82) is 0 Å². The molecule has 0 saturated heterocycles. The van der Waals surface area contributed by atoms with Crippen LogP contribution in [0.1, 0.15) is 54.9 Å². The smallest absolute Gasteiger partial charge is 0.198 e. The number of Topliss-reactive ketones (excluding diaryl/α,β-unsaturated/α-hetero) is 2. The molecule has 2 aliphatic carbocycles. The molecule has 1 aromatic rings. The molecule has 1 saturated carbocycles. The maximum atomic E-state index is 13.5. The summed E-state index contributed by atoms with van der Waals surface area (Å²) in [5.74, 6) is 0.517. The topological polar surface area (TPSA) is 34.1 Å². The molecule has 128 valence electrons. The van der Waals surface area contributed by atoms with Gasteiger partial charge in [0.15, 0.2) is 11.6 Å². The molecule has 0 radical (unpaired) electrons. The van der Waals surface area contributed by atoms with Crippen molar-refractivity contribution in [3.63, 3.8) is 0 Å². The van der Waals surface area contributed by atoms with Crippen LogP contribution in [-0.2, 0) is 10.2 Å². The average Bonchev–Trinajstić information content (AvgIpc) is 3.10. The number of hydrogen-bond donors (Lipinski definition) is 0. The summed E-state index contributed by atoms with van der Waals surface area (Å²) in [7, 11) is 0. The predicted molar refractivity (Wildman–Crippen MR) is 104 cm³/mol. The Morgan fingerprint density at radius 3 is 2.38 bits per heavy atom. The van der Waals surface area contributed by atoms with Crippen molar-refractivity contribution in [3.8, 4) is 0 Å². The van der Waals surface area contributed by atoms with E-state index >= 15 is 0 Å². The van der Waals surface area contributed by atoms with Crippen LogP contribution < -0.4 is 0 Å². The van der Waals surface area contributed by atoms with Gasteiger partial charge in [0.05, 0.1) is 15.2 Å². The Labute approximate surface area is 152 Å². The summed E-state index contributed by atoms with van der Waals surface area (Å²) in [6, 6.07) is 7.72. The fourth-order valence-corrected chi connectivity index (χ4v) is 5.71. The molecule has 0 spiro atoms. The quantitative estimate of drug-likeness (QED) is 0.544. The molecule has 1 atom stereocenters. The molecule has 0 heterocycles. The van der Waals surface area contributed by atoms with Crippen molar-refractivity contribution in [1.82, 2.24) is 0 Å². The minimum atomic E-state index is -0.578. The number of benzene rings is 1. The minimum absolute atomic E-state index is 0.0248. The number of rotatable bonds is 4. The first-order valence-electron chi connectivity index (χ1n) is 8.54. The van der Waals surface area contributed by atoms with Gasteiger partial charge in [0.1, 0.15) is 0 Å². The fourth-order valence-electron chi connectivity index (χ4n) is 4.27. The molecule has 0 bridgehead atoms. The van der Waals surface area contributed by atoms with E-state index in [-0.39, 0.29) is 11.6 Å². The van der Waals surface area contributed by atoms with Crippen molar-refractivity contribution in [2.24, 2.45) is 5.92 Å². The Morgan fingerprint density at radius 1 is 1.12 bits per heavy atom. The monoisotopic (exact) mass is 360 g/mol. The molecule has 0 amide bonds. The van der Waals surface area contributed by atoms with Gasteiger partial charge < -0.3 is 0 Å². The summed E-state index contributed by atoms with van der Waals surface area (Å²) >= 11 is 3.01. The van der Waals surface area contributed by atoms with E-state index < -0.39 is 5.41 Å². The highest BCUT2D eigenvalue weighted by Gasteiger charge is 2.47. The van der Waals surface area contributed by atoms with Crippen LogP contribution in [0.15, 0.2) is 34.1 Å². The first-order valence-corrected chi connectivity index (χ1v) is 11.0. The molecular weight excluding hydrogens is 336 g/mol. The van der Waals surface area contributed by atoms with E-state index in [0.717, 1.165) is 16.2 Å². The van der Waals surface area contributed by atoms with E-state index in [4.69, 9.17) is 0 Å². The van der Waals surface area contributed by atoms with Gasteiger partial charge in [-0.3, -0.25) is 9.59 Å². The van der Waals surface area contributed by atoms with Gasteiger partial charge in [-0.2, -0.15) is 0 Å². The van der Waals surface area contributed by atoms with Gasteiger partial charge in [-0.1, -0.05) is 49.9 Å². The molecular formula is C20H24O2S2. The zero-order valence-corrected chi connectivity index (χ0v) is 16.2. The highest BCUT2D eigenvalue weighted by atomic mass is 32.2. The SMILES string of the molecule is CSC(SC)=C1C(=O)c2ccccc2C(C)(CC2CCCC2)C1=O. The normalized spacial score (nSPS) is 24.4. The molecule has 1 unspecified atom stereocenters. The van der Waals surface area contributed by atoms with Crippen molar-refractivity contribution in [2.45, 2.75) is 44.4 Å². The lowest BCUT2D eigenvalue weighted by molar-refractivity contribution is -0.120. The zero-order chi connectivity index (χ0) is 17.3. The summed E-state index contributed by atoms with van der Waals surface area (Å²) in [4.78, 5) is 26.5. The van der Waals surface area contributed by atoms with E-state index in [2.05, 4.69) is 6.92 Å². The molecule has 3 rings (SSSR count). The highest BCUT2D eigenvalue weighted by Crippen LogP contribution is 2.46. The van der Waals surface area contributed by atoms with Gasteiger partial charge in [-0.15, -0.1) is 23.5 Å². The van der Waals surface area contributed by atoms with Gasteiger partial charge in [0.25, 0.3) is 0 Å². The van der Waals surface area contributed by atoms with Gasteiger partial charge in [-0.05, 0) is 37.3 Å². The molecule has 0 aromatic heterocycles. The number of ketones is 2. The average molecular weight is 361 g/mol. The third-order valence-corrected chi connectivity index (χ3v) is 7.62. The van der Waals surface area contributed by atoms with Crippen LogP contribution in [0.5, 0.6) is 0 Å². The molecule has 0 aliphatic heterocycles. The summed E-state index contributed by atoms with van der Waals surface area (Å²) in [5, 5.41) is 0. The Morgan fingerprint density at radius 2 is 1.75 bits per heavy atom. The lowest BCUT2D eigenvalue weighted by atomic mass is 9.64. The lowest BCUT2D eigenvalue weighted by Crippen LogP contribution is -2.43. The second-order valence-corrected chi connectivity index (χ2v) is 8.85. The largest absolute Gasteiger partial charge is 0.293 e. The van der Waals surface area contributed by atoms with Gasteiger partial charge in [0.2, 0.25) is 0 Å². The van der Waals surface area contributed by atoms with E-state index in [1.54, 1.807) is 0 Å². The van der Waals surface area contributed by atoms with Crippen molar-refractivity contribution in [2.75, 3.05) is 12.5 Å². The second kappa shape index (κ2) is 7.09. The minimum Gasteiger partial charge on any atom is -0.293 e. The number of thioether (sulfide) groups is 2. The lowest BCUT2D eigenvalue weighted by Gasteiger charge is -2.37. The summed E-state index contributed by atoms with van der Waals surface area (Å²) in [5.41, 5.74) is 1.48. The zero-order valence-electron chi connectivity index (χ0n) is 14.6. The Kier molecular flexibility index (Phi) is 5.26. The first kappa shape index (κ1) is 17.8. The maximum absolute atomic E-state index is 13.5. The summed E-state index contributed by atoms with van der Waals surface area (Å²) < 4.78 is 0.845. The number of carbonyl (C=O) groups is 2. The van der Waals surface area contributed by atoms with Crippen molar-refractivity contribution in [3.05, 3.63) is 45.2 Å². The maximum Gasteiger partial charge on any atom is 0.198 e. The van der Waals surface area contributed by atoms with Gasteiger partial charge >= 0.3 is 0 Å². The van der Waals surface area contributed by atoms with E-state index in [1.165, 1.54) is 49.2 Å². The van der Waals surface area contributed by atoms with Gasteiger partial charge in [-0.25, -0.2) is 0 Å². The van der Waals surface area contributed by atoms with Crippen LogP contribution in [0.2, 0.25) is 0 Å². The Hall–Kier alpha value is -1.00. The van der Waals surface area contributed by atoms with E-state index in [1.807, 2.05) is 36.8 Å².